The molecule has 1 atom stereocenters. The molecule has 1 aliphatic heterocycles. The second kappa shape index (κ2) is 9.27. The van der Waals surface area contributed by atoms with Crippen LogP contribution in [0.25, 0.3) is 0 Å². The topological polar surface area (TPSA) is 50.7 Å². The zero-order valence-corrected chi connectivity index (χ0v) is 18.8. The van der Waals surface area contributed by atoms with Gasteiger partial charge in [0.1, 0.15) is 5.82 Å². The Hall–Kier alpha value is -3.10. The Labute approximate surface area is 202 Å². The first-order chi connectivity index (χ1) is 16.1. The van der Waals surface area contributed by atoms with Crippen molar-refractivity contribution in [1.82, 2.24) is 5.32 Å². The minimum atomic E-state index is -4.85. The molecule has 34 heavy (non-hydrogen) atoms. The summed E-state index contributed by atoms with van der Waals surface area (Å²) >= 11 is 11.8. The zero-order chi connectivity index (χ0) is 24.5. The average Bonchev–Trinajstić information content (AvgIpc) is 3.25. The molecule has 4 nitrogen and oxygen atoms in total. The van der Waals surface area contributed by atoms with Gasteiger partial charge in [0, 0.05) is 45.3 Å². The van der Waals surface area contributed by atoms with Crippen molar-refractivity contribution in [2.45, 2.75) is 24.7 Å². The van der Waals surface area contributed by atoms with Gasteiger partial charge < -0.3 is 10.2 Å². The van der Waals surface area contributed by atoms with Crippen LogP contribution < -0.4 is 5.32 Å². The number of hydrogen-bond acceptors (Lipinski definition) is 3. The van der Waals surface area contributed by atoms with Crippen LogP contribution in [0, 0.1) is 5.82 Å². The van der Waals surface area contributed by atoms with E-state index in [4.69, 9.17) is 28.0 Å². The summed E-state index contributed by atoms with van der Waals surface area (Å²) in [5.74, 6) is -1.04. The minimum absolute atomic E-state index is 0.0152. The van der Waals surface area contributed by atoms with Gasteiger partial charge >= 0.3 is 6.18 Å². The number of benzene rings is 3. The Morgan fingerprint density at radius 1 is 1.03 bits per heavy atom. The van der Waals surface area contributed by atoms with Crippen LogP contribution in [0.2, 0.25) is 10.0 Å². The molecule has 176 valence electrons. The maximum Gasteiger partial charge on any atom is 0.435 e. The first kappa shape index (κ1) is 24.0. The van der Waals surface area contributed by atoms with Gasteiger partial charge in [0.2, 0.25) is 0 Å². The number of alkyl halides is 3. The molecular formula is C24H16Cl2F4N2O2. The average molecular weight is 511 g/mol. The lowest BCUT2D eigenvalue weighted by Crippen LogP contribution is -2.42. The molecule has 1 unspecified atom stereocenters. The highest BCUT2D eigenvalue weighted by molar-refractivity contribution is 6.34. The third-order valence-corrected chi connectivity index (χ3v) is 5.81. The fourth-order valence-electron chi connectivity index (χ4n) is 3.60. The van der Waals surface area contributed by atoms with Crippen LogP contribution in [0.3, 0.4) is 0 Å². The number of hydrogen-bond donors (Lipinski definition) is 1. The number of halogens is 6. The summed E-state index contributed by atoms with van der Waals surface area (Å²) in [6.45, 7) is -0.171. The number of nitrogens with one attached hydrogen (secondary N) is 1. The summed E-state index contributed by atoms with van der Waals surface area (Å²) in [6.07, 6.45) is -5.52. The monoisotopic (exact) mass is 510 g/mol. The van der Waals surface area contributed by atoms with Crippen LogP contribution >= 0.6 is 23.2 Å². The van der Waals surface area contributed by atoms with Crippen LogP contribution in [0.5, 0.6) is 0 Å². The van der Waals surface area contributed by atoms with Gasteiger partial charge in [0.15, 0.2) is 0 Å². The summed E-state index contributed by atoms with van der Waals surface area (Å²) in [5, 5.41) is 6.30. The molecular weight excluding hydrogens is 495 g/mol. The van der Waals surface area contributed by atoms with Crippen molar-refractivity contribution in [2.24, 2.45) is 5.16 Å². The van der Waals surface area contributed by atoms with E-state index in [0.29, 0.717) is 5.56 Å². The van der Waals surface area contributed by atoms with E-state index in [1.165, 1.54) is 18.2 Å². The second-order valence-electron chi connectivity index (χ2n) is 7.64. The molecule has 3 aromatic rings. The third kappa shape index (κ3) is 4.74. The summed E-state index contributed by atoms with van der Waals surface area (Å²) in [7, 11) is 0. The Morgan fingerprint density at radius 3 is 2.35 bits per heavy atom. The van der Waals surface area contributed by atoms with Crippen molar-refractivity contribution in [1.29, 1.82) is 0 Å². The first-order valence-electron chi connectivity index (χ1n) is 9.99. The van der Waals surface area contributed by atoms with E-state index in [9.17, 15) is 22.4 Å². The summed E-state index contributed by atoms with van der Waals surface area (Å²) < 4.78 is 56.9. The highest BCUT2D eigenvalue weighted by Crippen LogP contribution is 2.49. The molecule has 1 heterocycles. The highest BCUT2D eigenvalue weighted by atomic mass is 35.5. The molecule has 0 radical (unpaired) electrons. The van der Waals surface area contributed by atoms with E-state index >= 15 is 0 Å². The van der Waals surface area contributed by atoms with Gasteiger partial charge in [-0.2, -0.15) is 13.2 Å². The van der Waals surface area contributed by atoms with E-state index in [-0.39, 0.29) is 39.0 Å². The van der Waals surface area contributed by atoms with Gasteiger partial charge in [0.05, 0.1) is 5.71 Å². The number of rotatable bonds is 5. The van der Waals surface area contributed by atoms with Crippen molar-refractivity contribution in [3.8, 4) is 0 Å². The van der Waals surface area contributed by atoms with Gasteiger partial charge in [-0.3, -0.25) is 4.79 Å². The Kier molecular flexibility index (Phi) is 6.55. The van der Waals surface area contributed by atoms with Crippen molar-refractivity contribution in [3.63, 3.8) is 0 Å². The quantitative estimate of drug-likeness (QED) is 0.391. The maximum atomic E-state index is 14.4. The van der Waals surface area contributed by atoms with E-state index in [1.807, 2.05) is 0 Å². The molecule has 3 aromatic carbocycles. The van der Waals surface area contributed by atoms with Crippen molar-refractivity contribution < 1.29 is 27.2 Å². The molecule has 4 rings (SSSR count). The molecule has 0 aromatic heterocycles. The van der Waals surface area contributed by atoms with Crippen LogP contribution in [0.1, 0.15) is 33.5 Å². The molecule has 1 amide bonds. The second-order valence-corrected chi connectivity index (χ2v) is 8.52. The van der Waals surface area contributed by atoms with Crippen molar-refractivity contribution >= 4 is 34.8 Å². The zero-order valence-electron chi connectivity index (χ0n) is 17.3. The molecule has 0 saturated heterocycles. The molecule has 0 fully saturated rings. The van der Waals surface area contributed by atoms with Gasteiger partial charge in [-0.25, -0.2) is 4.39 Å². The van der Waals surface area contributed by atoms with Gasteiger partial charge in [-0.1, -0.05) is 52.6 Å². The van der Waals surface area contributed by atoms with Crippen LogP contribution in [0.15, 0.2) is 71.9 Å². The van der Waals surface area contributed by atoms with Gasteiger partial charge in [0.25, 0.3) is 11.5 Å². The Balaban J connectivity index is 1.58. The fraction of sp³-hybridized carbons (Fsp3) is 0.167. The molecule has 1 N–H and O–H groups in total. The largest absolute Gasteiger partial charge is 0.435 e. The SMILES string of the molecule is O=C(NCc1cc(C2=NOC(c3cc(Cl)cc(Cl)c3)(C(F)(F)F)C2)ccc1F)c1ccccc1. The number of nitrogens with zero attached hydrogens (tertiary/aromatic N) is 1. The normalized spacial score (nSPS) is 17.8. The van der Waals surface area contributed by atoms with Gasteiger partial charge in [-0.15, -0.1) is 0 Å². The lowest BCUT2D eigenvalue weighted by molar-refractivity contribution is -0.275. The molecule has 1 aliphatic rings. The van der Waals surface area contributed by atoms with E-state index in [2.05, 4.69) is 10.5 Å². The van der Waals surface area contributed by atoms with E-state index < -0.39 is 29.9 Å². The third-order valence-electron chi connectivity index (χ3n) is 5.37. The number of carbonyl (C=O) groups excluding carboxylic acids is 1. The Bertz CT molecular complexity index is 1250. The van der Waals surface area contributed by atoms with Crippen LogP contribution in [0.4, 0.5) is 17.6 Å². The Morgan fingerprint density at radius 2 is 1.71 bits per heavy atom. The lowest BCUT2D eigenvalue weighted by atomic mass is 9.86. The van der Waals surface area contributed by atoms with E-state index in [1.54, 1.807) is 30.3 Å². The van der Waals surface area contributed by atoms with E-state index in [0.717, 1.165) is 18.2 Å². The molecule has 0 spiro atoms. The van der Waals surface area contributed by atoms with Gasteiger partial charge in [-0.05, 0) is 42.5 Å². The first-order valence-corrected chi connectivity index (χ1v) is 10.7. The minimum Gasteiger partial charge on any atom is -0.374 e. The molecule has 0 saturated carbocycles. The molecule has 0 aliphatic carbocycles. The van der Waals surface area contributed by atoms with Crippen LogP contribution in [-0.2, 0) is 17.0 Å². The summed E-state index contributed by atoms with van der Waals surface area (Å²) in [5.41, 5.74) is -2.43. The van der Waals surface area contributed by atoms with Crippen molar-refractivity contribution in [2.75, 3.05) is 0 Å². The van der Waals surface area contributed by atoms with Crippen molar-refractivity contribution in [3.05, 3.63) is 105 Å². The summed E-state index contributed by atoms with van der Waals surface area (Å²) in [6, 6.07) is 15.6. The number of amides is 1. The predicted molar refractivity (Wildman–Crippen MR) is 120 cm³/mol. The smallest absolute Gasteiger partial charge is 0.374 e. The molecule has 0 bridgehead atoms. The molecule has 10 heteroatoms. The summed E-state index contributed by atoms with van der Waals surface area (Å²) in [4.78, 5) is 17.2. The maximum absolute atomic E-state index is 14.4. The number of oxime groups is 1. The number of carbonyl (C=O) groups is 1. The fourth-order valence-corrected chi connectivity index (χ4v) is 4.13. The standard InChI is InChI=1S/C24H16Cl2F4N2O2/c25-18-9-17(10-19(26)11-18)23(24(28,29)30)12-21(32-34-23)15-6-7-20(27)16(8-15)13-31-22(33)14-4-2-1-3-5-14/h1-11H,12-13H2,(H,31,33). The lowest BCUT2D eigenvalue weighted by Gasteiger charge is -2.29. The highest BCUT2D eigenvalue weighted by Gasteiger charge is 2.62. The van der Waals surface area contributed by atoms with Crippen LogP contribution in [-0.4, -0.2) is 17.8 Å². The predicted octanol–water partition coefficient (Wildman–Crippen LogP) is 6.64.